The second kappa shape index (κ2) is 10.8. The Bertz CT molecular complexity index is 1310. The van der Waals surface area contributed by atoms with Crippen LogP contribution in [0.15, 0.2) is 60.7 Å². The van der Waals surface area contributed by atoms with Crippen LogP contribution in [-0.4, -0.2) is 37.5 Å². The Morgan fingerprint density at radius 3 is 2.56 bits per heavy atom. The Labute approximate surface area is 210 Å². The van der Waals surface area contributed by atoms with E-state index in [1.54, 1.807) is 50.6 Å². The van der Waals surface area contributed by atoms with Gasteiger partial charge in [-0.2, -0.15) is 5.26 Å². The molecule has 0 fully saturated rings. The van der Waals surface area contributed by atoms with Crippen molar-refractivity contribution in [1.82, 2.24) is 4.90 Å². The largest absolute Gasteiger partial charge is 0.497 e. The van der Waals surface area contributed by atoms with Crippen LogP contribution in [0.5, 0.6) is 17.2 Å². The molecule has 3 aromatic carbocycles. The van der Waals surface area contributed by atoms with Gasteiger partial charge in [0.15, 0.2) is 6.61 Å². The van der Waals surface area contributed by atoms with Crippen molar-refractivity contribution in [2.24, 2.45) is 0 Å². The predicted octanol–water partition coefficient (Wildman–Crippen LogP) is 4.24. The fourth-order valence-electron chi connectivity index (χ4n) is 4.27. The van der Waals surface area contributed by atoms with E-state index >= 15 is 0 Å². The molecule has 0 radical (unpaired) electrons. The summed E-state index contributed by atoms with van der Waals surface area (Å²) in [7, 11) is 3.11. The van der Waals surface area contributed by atoms with Crippen LogP contribution in [0, 0.1) is 11.3 Å². The summed E-state index contributed by atoms with van der Waals surface area (Å²) in [5, 5.41) is 12.0. The number of hydrogen-bond acceptors (Lipinski definition) is 6. The van der Waals surface area contributed by atoms with Crippen LogP contribution in [0.3, 0.4) is 0 Å². The molecule has 2 amide bonds. The quantitative estimate of drug-likeness (QED) is 0.537. The second-order valence-corrected chi connectivity index (χ2v) is 8.26. The third-order valence-corrected chi connectivity index (χ3v) is 6.14. The average Bonchev–Trinajstić information content (AvgIpc) is 3.05. The molecule has 0 saturated carbocycles. The van der Waals surface area contributed by atoms with Gasteiger partial charge in [-0.25, -0.2) is 0 Å². The van der Waals surface area contributed by atoms with Gasteiger partial charge in [-0.05, 0) is 48.4 Å². The maximum Gasteiger partial charge on any atom is 0.261 e. The summed E-state index contributed by atoms with van der Waals surface area (Å²) in [5.41, 5.74) is 3.25. The van der Waals surface area contributed by atoms with Gasteiger partial charge in [0.2, 0.25) is 0 Å². The van der Waals surface area contributed by atoms with Crippen LogP contribution in [0.4, 0.5) is 5.69 Å². The maximum absolute atomic E-state index is 13.8. The first-order chi connectivity index (χ1) is 17.5. The molecule has 36 heavy (non-hydrogen) atoms. The second-order valence-electron chi connectivity index (χ2n) is 8.26. The molecule has 0 bridgehead atoms. The number of para-hydroxylation sites is 1. The number of benzene rings is 3. The van der Waals surface area contributed by atoms with E-state index in [1.807, 2.05) is 31.2 Å². The van der Waals surface area contributed by atoms with Gasteiger partial charge in [0.1, 0.15) is 23.3 Å². The van der Waals surface area contributed by atoms with Gasteiger partial charge >= 0.3 is 0 Å². The number of ether oxygens (including phenoxy) is 3. The van der Waals surface area contributed by atoms with Crippen molar-refractivity contribution < 1.29 is 23.8 Å². The summed E-state index contributed by atoms with van der Waals surface area (Å²) < 4.78 is 16.8. The van der Waals surface area contributed by atoms with E-state index in [-0.39, 0.29) is 25.0 Å². The smallest absolute Gasteiger partial charge is 0.261 e. The first-order valence-electron chi connectivity index (χ1n) is 11.5. The SMILES string of the molecule is CCc1cccc2c1OCC(=O)N(Cc1ccc(OC)cc1OC)C2C(=O)Nc1ccc(C#N)cc1. The fourth-order valence-corrected chi connectivity index (χ4v) is 4.27. The number of carbonyl (C=O) groups is 2. The number of carbonyl (C=O) groups excluding carboxylic acids is 2. The van der Waals surface area contributed by atoms with Crippen LogP contribution < -0.4 is 19.5 Å². The number of rotatable bonds is 7. The Balaban J connectivity index is 1.77. The molecule has 184 valence electrons. The molecule has 4 rings (SSSR count). The van der Waals surface area contributed by atoms with Crippen molar-refractivity contribution in [3.8, 4) is 23.3 Å². The van der Waals surface area contributed by atoms with Gasteiger partial charge in [0, 0.05) is 22.9 Å². The standard InChI is InChI=1S/C28H27N3O5/c1-4-19-6-5-7-23-26(28(33)30-21-11-8-18(15-29)9-12-21)31(25(32)17-36-27(19)23)16-20-10-13-22(34-2)14-24(20)35-3/h5-14,26H,4,16-17H2,1-3H3,(H,30,33). The van der Waals surface area contributed by atoms with E-state index in [2.05, 4.69) is 11.4 Å². The summed E-state index contributed by atoms with van der Waals surface area (Å²) in [6.07, 6.45) is 0.688. The van der Waals surface area contributed by atoms with Crippen LogP contribution in [-0.2, 0) is 22.6 Å². The van der Waals surface area contributed by atoms with Crippen molar-refractivity contribution in [2.45, 2.75) is 25.9 Å². The Morgan fingerprint density at radius 1 is 1.11 bits per heavy atom. The molecule has 1 heterocycles. The van der Waals surface area contributed by atoms with Gasteiger partial charge in [-0.15, -0.1) is 0 Å². The molecule has 1 atom stereocenters. The zero-order valence-electron chi connectivity index (χ0n) is 20.4. The number of fused-ring (bicyclic) bond motifs is 1. The Kier molecular flexibility index (Phi) is 7.40. The molecule has 8 nitrogen and oxygen atoms in total. The number of nitriles is 1. The highest BCUT2D eigenvalue weighted by atomic mass is 16.5. The molecule has 0 aromatic heterocycles. The minimum atomic E-state index is -0.955. The first-order valence-corrected chi connectivity index (χ1v) is 11.5. The van der Waals surface area contributed by atoms with Gasteiger partial charge in [0.25, 0.3) is 11.8 Å². The van der Waals surface area contributed by atoms with E-state index in [4.69, 9.17) is 19.5 Å². The van der Waals surface area contributed by atoms with Crippen LogP contribution >= 0.6 is 0 Å². The lowest BCUT2D eigenvalue weighted by atomic mass is 9.98. The van der Waals surface area contributed by atoms with Crippen molar-refractivity contribution in [3.05, 3.63) is 82.9 Å². The van der Waals surface area contributed by atoms with E-state index in [1.165, 1.54) is 4.90 Å². The van der Waals surface area contributed by atoms with E-state index in [0.29, 0.717) is 40.5 Å². The molecule has 1 N–H and O–H groups in total. The normalized spacial score (nSPS) is 14.7. The van der Waals surface area contributed by atoms with E-state index < -0.39 is 6.04 Å². The molecular formula is C28H27N3O5. The highest BCUT2D eigenvalue weighted by Crippen LogP contribution is 2.38. The topological polar surface area (TPSA) is 101 Å². The van der Waals surface area contributed by atoms with Crippen LogP contribution in [0.1, 0.15) is 35.2 Å². The van der Waals surface area contributed by atoms with Crippen LogP contribution in [0.25, 0.3) is 0 Å². The van der Waals surface area contributed by atoms with Crippen molar-refractivity contribution >= 4 is 17.5 Å². The number of amides is 2. The maximum atomic E-state index is 13.8. The summed E-state index contributed by atoms with van der Waals surface area (Å²) in [6, 6.07) is 18.6. The molecule has 0 spiro atoms. The van der Waals surface area contributed by atoms with Gasteiger partial charge < -0.3 is 24.4 Å². The highest BCUT2D eigenvalue weighted by Gasteiger charge is 2.37. The third-order valence-electron chi connectivity index (χ3n) is 6.14. The zero-order chi connectivity index (χ0) is 25.7. The number of nitrogens with zero attached hydrogens (tertiary/aromatic N) is 2. The zero-order valence-corrected chi connectivity index (χ0v) is 20.4. The number of hydrogen-bond donors (Lipinski definition) is 1. The number of anilines is 1. The van der Waals surface area contributed by atoms with Crippen molar-refractivity contribution in [3.63, 3.8) is 0 Å². The van der Waals surface area contributed by atoms with Crippen molar-refractivity contribution in [1.29, 1.82) is 5.26 Å². The monoisotopic (exact) mass is 485 g/mol. The van der Waals surface area contributed by atoms with Gasteiger partial charge in [-0.1, -0.05) is 25.1 Å². The lowest BCUT2D eigenvalue weighted by molar-refractivity contribution is -0.140. The molecule has 1 aliphatic heterocycles. The lowest BCUT2D eigenvalue weighted by Crippen LogP contribution is -2.41. The fraction of sp³-hybridized carbons (Fsp3) is 0.250. The Morgan fingerprint density at radius 2 is 1.89 bits per heavy atom. The summed E-state index contributed by atoms with van der Waals surface area (Å²) in [4.78, 5) is 28.6. The molecule has 1 unspecified atom stereocenters. The van der Waals surface area contributed by atoms with Gasteiger partial charge in [-0.3, -0.25) is 9.59 Å². The number of methoxy groups -OCH3 is 2. The molecule has 3 aromatic rings. The summed E-state index contributed by atoms with van der Waals surface area (Å²) in [5.74, 6) is 0.999. The molecule has 0 aliphatic carbocycles. The highest BCUT2D eigenvalue weighted by molar-refractivity contribution is 5.99. The molecule has 0 saturated heterocycles. The Hall–Kier alpha value is -4.51. The first kappa shape index (κ1) is 24.6. The summed E-state index contributed by atoms with van der Waals surface area (Å²) >= 11 is 0. The lowest BCUT2D eigenvalue weighted by Gasteiger charge is -2.30. The predicted molar refractivity (Wildman–Crippen MR) is 134 cm³/mol. The minimum Gasteiger partial charge on any atom is -0.497 e. The van der Waals surface area contributed by atoms with Crippen LogP contribution in [0.2, 0.25) is 0 Å². The van der Waals surface area contributed by atoms with Crippen molar-refractivity contribution in [2.75, 3.05) is 26.1 Å². The number of nitrogens with one attached hydrogen (secondary N) is 1. The average molecular weight is 486 g/mol. The third kappa shape index (κ3) is 4.96. The van der Waals surface area contributed by atoms with E-state index in [0.717, 1.165) is 11.1 Å². The van der Waals surface area contributed by atoms with Gasteiger partial charge in [0.05, 0.1) is 32.4 Å². The molecule has 8 heteroatoms. The molecular weight excluding hydrogens is 458 g/mol. The molecule has 1 aliphatic rings. The minimum absolute atomic E-state index is 0.122. The number of aryl methyl sites for hydroxylation is 1. The summed E-state index contributed by atoms with van der Waals surface area (Å²) in [6.45, 7) is 1.93. The van der Waals surface area contributed by atoms with E-state index in [9.17, 15) is 9.59 Å².